The summed E-state index contributed by atoms with van der Waals surface area (Å²) in [5.74, 6) is -0.619. The minimum Gasteiger partial charge on any atom is -0.508 e. The number of benzene rings is 2. The lowest BCUT2D eigenvalue weighted by Gasteiger charge is -2.30. The van der Waals surface area contributed by atoms with Crippen LogP contribution in [-0.2, 0) is 6.42 Å². The molecule has 0 saturated heterocycles. The van der Waals surface area contributed by atoms with Crippen LogP contribution < -0.4 is 4.90 Å². The fourth-order valence-corrected chi connectivity index (χ4v) is 3.52. The van der Waals surface area contributed by atoms with Crippen molar-refractivity contribution in [2.45, 2.75) is 19.8 Å². The smallest absolute Gasteiger partial charge is 0.262 e. The number of phenols is 2. The van der Waals surface area contributed by atoms with E-state index in [4.69, 9.17) is 11.6 Å². The highest BCUT2D eigenvalue weighted by Crippen LogP contribution is 2.34. The summed E-state index contributed by atoms with van der Waals surface area (Å²) in [5, 5.41) is 28.0. The molecule has 1 aromatic heterocycles. The van der Waals surface area contributed by atoms with E-state index in [1.165, 1.54) is 18.2 Å². The molecule has 2 N–H and O–H groups in total. The van der Waals surface area contributed by atoms with Crippen LogP contribution in [-0.4, -0.2) is 32.9 Å². The third-order valence-corrected chi connectivity index (χ3v) is 5.25. The van der Waals surface area contributed by atoms with Gasteiger partial charge >= 0.3 is 0 Å². The molecule has 4 rings (SSSR count). The van der Waals surface area contributed by atoms with Crippen molar-refractivity contribution in [2.75, 3.05) is 11.4 Å². The summed E-state index contributed by atoms with van der Waals surface area (Å²) in [7, 11) is 0. The average Bonchev–Trinajstić information content (AvgIpc) is 2.68. The Kier molecular flexibility index (Phi) is 4.65. The summed E-state index contributed by atoms with van der Waals surface area (Å²) in [6, 6.07) is 11.7. The number of halogens is 1. The second kappa shape index (κ2) is 7.13. The number of anilines is 1. The van der Waals surface area contributed by atoms with Crippen LogP contribution >= 0.6 is 11.6 Å². The molecule has 0 unspecified atom stereocenters. The van der Waals surface area contributed by atoms with E-state index in [9.17, 15) is 15.0 Å². The first-order valence-electron chi connectivity index (χ1n) is 8.91. The minimum absolute atomic E-state index is 0.0860. The van der Waals surface area contributed by atoms with Gasteiger partial charge in [0.05, 0.1) is 11.3 Å². The van der Waals surface area contributed by atoms with Gasteiger partial charge < -0.3 is 15.1 Å². The number of aryl methyl sites for hydroxylation is 2. The molecule has 1 aliphatic heterocycles. The molecule has 0 atom stereocenters. The zero-order valence-corrected chi connectivity index (χ0v) is 15.9. The van der Waals surface area contributed by atoms with Gasteiger partial charge in [-0.25, -0.2) is 0 Å². The van der Waals surface area contributed by atoms with Gasteiger partial charge in [0.25, 0.3) is 5.91 Å². The maximum atomic E-state index is 13.0. The van der Waals surface area contributed by atoms with E-state index in [1.807, 2.05) is 31.2 Å². The molecule has 142 valence electrons. The molecular formula is C21H18ClN3O3. The van der Waals surface area contributed by atoms with Gasteiger partial charge in [0, 0.05) is 23.9 Å². The van der Waals surface area contributed by atoms with Gasteiger partial charge in [-0.05, 0) is 61.2 Å². The highest BCUT2D eigenvalue weighted by Gasteiger charge is 2.26. The fraction of sp³-hybridized carbons (Fsp3) is 0.190. The number of carbonyl (C=O) groups excluding carboxylic acids is 1. The molecule has 2 aromatic carbocycles. The van der Waals surface area contributed by atoms with Crippen molar-refractivity contribution in [3.63, 3.8) is 0 Å². The molecule has 6 nitrogen and oxygen atoms in total. The molecule has 0 radical (unpaired) electrons. The van der Waals surface area contributed by atoms with Crippen molar-refractivity contribution in [3.8, 4) is 22.8 Å². The highest BCUT2D eigenvalue weighted by atomic mass is 35.5. The van der Waals surface area contributed by atoms with Crippen molar-refractivity contribution in [1.29, 1.82) is 0 Å². The van der Waals surface area contributed by atoms with Crippen LogP contribution in [0.2, 0.25) is 5.15 Å². The molecule has 2 heterocycles. The number of aromatic hydroxyl groups is 2. The topological polar surface area (TPSA) is 86.6 Å². The largest absolute Gasteiger partial charge is 0.508 e. The van der Waals surface area contributed by atoms with Crippen molar-refractivity contribution in [2.24, 2.45) is 0 Å². The molecule has 0 bridgehead atoms. The standard InChI is InChI=1S/C21H18ClN3O3/c1-12-9-17(23-24-20(12)22)13-4-7-18-14(10-13)3-2-8-25(18)21(28)16-6-5-15(26)11-19(16)27/h4-7,9-11,26-27H,2-3,8H2,1H3. The summed E-state index contributed by atoms with van der Waals surface area (Å²) in [6.45, 7) is 2.44. The van der Waals surface area contributed by atoms with Crippen LogP contribution in [0.3, 0.4) is 0 Å². The number of hydrogen-bond donors (Lipinski definition) is 2. The van der Waals surface area contributed by atoms with Crippen LogP contribution in [0.25, 0.3) is 11.3 Å². The molecule has 3 aromatic rings. The number of fused-ring (bicyclic) bond motifs is 1. The van der Waals surface area contributed by atoms with Gasteiger partial charge in [0.15, 0.2) is 5.15 Å². The normalized spacial score (nSPS) is 13.3. The predicted molar refractivity (Wildman–Crippen MR) is 107 cm³/mol. The van der Waals surface area contributed by atoms with E-state index >= 15 is 0 Å². The summed E-state index contributed by atoms with van der Waals surface area (Å²) in [4.78, 5) is 14.6. The second-order valence-corrected chi connectivity index (χ2v) is 7.17. The molecule has 0 saturated carbocycles. The molecule has 0 aliphatic carbocycles. The summed E-state index contributed by atoms with van der Waals surface area (Å²) in [6.07, 6.45) is 1.65. The van der Waals surface area contributed by atoms with Crippen LogP contribution in [0, 0.1) is 6.92 Å². The quantitative estimate of drug-likeness (QED) is 0.681. The number of rotatable bonds is 2. The lowest BCUT2D eigenvalue weighted by Crippen LogP contribution is -2.35. The van der Waals surface area contributed by atoms with E-state index in [2.05, 4.69) is 10.2 Å². The van der Waals surface area contributed by atoms with E-state index < -0.39 is 0 Å². The van der Waals surface area contributed by atoms with Gasteiger partial charge in [0.1, 0.15) is 11.5 Å². The molecule has 0 fully saturated rings. The van der Waals surface area contributed by atoms with E-state index in [0.29, 0.717) is 11.7 Å². The fourth-order valence-electron chi connectivity index (χ4n) is 3.42. The summed E-state index contributed by atoms with van der Waals surface area (Å²) >= 11 is 5.96. The minimum atomic E-state index is -0.298. The Hall–Kier alpha value is -3.12. The number of carbonyl (C=O) groups is 1. The van der Waals surface area contributed by atoms with E-state index in [1.54, 1.807) is 4.90 Å². The van der Waals surface area contributed by atoms with Gasteiger partial charge in [-0.2, -0.15) is 0 Å². The Morgan fingerprint density at radius 1 is 1.11 bits per heavy atom. The Balaban J connectivity index is 1.70. The predicted octanol–water partition coefficient (Wildman–Crippen LogP) is 4.11. The van der Waals surface area contributed by atoms with Gasteiger partial charge in [-0.3, -0.25) is 4.79 Å². The third kappa shape index (κ3) is 3.27. The summed E-state index contributed by atoms with van der Waals surface area (Å²) in [5.41, 5.74) is 4.49. The molecule has 28 heavy (non-hydrogen) atoms. The van der Waals surface area contributed by atoms with Crippen LogP contribution in [0.4, 0.5) is 5.69 Å². The average molecular weight is 396 g/mol. The highest BCUT2D eigenvalue weighted by molar-refractivity contribution is 6.30. The maximum Gasteiger partial charge on any atom is 0.262 e. The van der Waals surface area contributed by atoms with E-state index in [-0.39, 0.29) is 23.0 Å². The first-order chi connectivity index (χ1) is 13.4. The number of aromatic nitrogens is 2. The van der Waals surface area contributed by atoms with Crippen LogP contribution in [0.15, 0.2) is 42.5 Å². The lowest BCUT2D eigenvalue weighted by molar-refractivity contribution is 0.0982. The van der Waals surface area contributed by atoms with Gasteiger partial charge in [0.2, 0.25) is 0 Å². The zero-order valence-electron chi connectivity index (χ0n) is 15.2. The Morgan fingerprint density at radius 3 is 2.68 bits per heavy atom. The van der Waals surface area contributed by atoms with Crippen molar-refractivity contribution in [1.82, 2.24) is 10.2 Å². The second-order valence-electron chi connectivity index (χ2n) is 6.81. The van der Waals surface area contributed by atoms with Crippen molar-refractivity contribution < 1.29 is 15.0 Å². The van der Waals surface area contributed by atoms with Gasteiger partial charge in [-0.15, -0.1) is 10.2 Å². The first-order valence-corrected chi connectivity index (χ1v) is 9.29. The molecule has 1 aliphatic rings. The Morgan fingerprint density at radius 2 is 1.93 bits per heavy atom. The molecular weight excluding hydrogens is 378 g/mol. The molecule has 0 spiro atoms. The lowest BCUT2D eigenvalue weighted by atomic mass is 9.97. The van der Waals surface area contributed by atoms with Crippen LogP contribution in [0.5, 0.6) is 11.5 Å². The van der Waals surface area contributed by atoms with Crippen molar-refractivity contribution in [3.05, 3.63) is 64.3 Å². The number of amides is 1. The Labute approximate surface area is 167 Å². The number of hydrogen-bond acceptors (Lipinski definition) is 5. The number of nitrogens with zero attached hydrogens (tertiary/aromatic N) is 3. The first kappa shape index (κ1) is 18.3. The zero-order chi connectivity index (χ0) is 19.8. The number of phenolic OH excluding ortho intramolecular Hbond substituents is 2. The van der Waals surface area contributed by atoms with E-state index in [0.717, 1.165) is 40.9 Å². The third-order valence-electron chi connectivity index (χ3n) is 4.87. The monoisotopic (exact) mass is 395 g/mol. The van der Waals surface area contributed by atoms with Gasteiger partial charge in [-0.1, -0.05) is 17.7 Å². The van der Waals surface area contributed by atoms with Crippen molar-refractivity contribution >= 4 is 23.2 Å². The SMILES string of the molecule is Cc1cc(-c2ccc3c(c2)CCCN3C(=O)c2ccc(O)cc2O)nnc1Cl. The Bertz CT molecular complexity index is 1080. The molecule has 7 heteroatoms. The molecule has 1 amide bonds. The van der Waals surface area contributed by atoms with Crippen LogP contribution in [0.1, 0.15) is 27.9 Å². The summed E-state index contributed by atoms with van der Waals surface area (Å²) < 4.78 is 0. The maximum absolute atomic E-state index is 13.0.